The fraction of sp³-hybridized carbons (Fsp3) is 0.167. The molecule has 0 spiro atoms. The summed E-state index contributed by atoms with van der Waals surface area (Å²) in [7, 11) is -3.41. The SMILES string of the molecule is Cc1nc(NS(C)(=O)=O)sc1C(=O)Nc1cccc(Br)c1. The van der Waals surface area contributed by atoms with E-state index in [1.165, 1.54) is 0 Å². The van der Waals surface area contributed by atoms with Crippen LogP contribution < -0.4 is 10.0 Å². The van der Waals surface area contributed by atoms with Crippen molar-refractivity contribution in [3.05, 3.63) is 39.3 Å². The first-order valence-electron chi connectivity index (χ1n) is 5.77. The van der Waals surface area contributed by atoms with Gasteiger partial charge in [0.05, 0.1) is 11.9 Å². The molecule has 2 N–H and O–H groups in total. The summed E-state index contributed by atoms with van der Waals surface area (Å²) >= 11 is 4.31. The molecule has 1 aromatic heterocycles. The Morgan fingerprint density at radius 1 is 1.38 bits per heavy atom. The molecule has 21 heavy (non-hydrogen) atoms. The second-order valence-electron chi connectivity index (χ2n) is 4.27. The summed E-state index contributed by atoms with van der Waals surface area (Å²) in [5.41, 5.74) is 1.11. The van der Waals surface area contributed by atoms with Crippen molar-refractivity contribution in [2.45, 2.75) is 6.92 Å². The third-order valence-electron chi connectivity index (χ3n) is 2.36. The number of nitrogens with one attached hydrogen (secondary N) is 2. The van der Waals surface area contributed by atoms with Crippen LogP contribution in [0.4, 0.5) is 10.8 Å². The number of hydrogen-bond acceptors (Lipinski definition) is 5. The minimum absolute atomic E-state index is 0.175. The van der Waals surface area contributed by atoms with E-state index in [0.29, 0.717) is 16.3 Å². The number of halogens is 1. The van der Waals surface area contributed by atoms with Gasteiger partial charge in [0.25, 0.3) is 5.91 Å². The van der Waals surface area contributed by atoms with Crippen LogP contribution >= 0.6 is 27.3 Å². The largest absolute Gasteiger partial charge is 0.321 e. The number of thiazole rings is 1. The first-order chi connectivity index (χ1) is 9.74. The van der Waals surface area contributed by atoms with Crippen molar-refractivity contribution in [1.82, 2.24) is 4.98 Å². The van der Waals surface area contributed by atoms with E-state index in [1.54, 1.807) is 25.1 Å². The Bertz CT molecular complexity index is 787. The van der Waals surface area contributed by atoms with E-state index >= 15 is 0 Å². The summed E-state index contributed by atoms with van der Waals surface area (Å²) in [6.07, 6.45) is 1.03. The van der Waals surface area contributed by atoms with Crippen LogP contribution in [0.5, 0.6) is 0 Å². The molecule has 0 fully saturated rings. The third-order valence-corrected chi connectivity index (χ3v) is 4.62. The molecular formula is C12H12BrN3O3S2. The van der Waals surface area contributed by atoms with E-state index in [9.17, 15) is 13.2 Å². The van der Waals surface area contributed by atoms with Gasteiger partial charge in [0.2, 0.25) is 10.0 Å². The molecule has 1 heterocycles. The molecule has 6 nitrogen and oxygen atoms in total. The number of amides is 1. The maximum Gasteiger partial charge on any atom is 0.267 e. The summed E-state index contributed by atoms with van der Waals surface area (Å²) in [6.45, 7) is 1.65. The molecule has 2 aromatic rings. The van der Waals surface area contributed by atoms with E-state index in [0.717, 1.165) is 22.1 Å². The number of carbonyl (C=O) groups excluding carboxylic acids is 1. The Balaban J connectivity index is 2.20. The topological polar surface area (TPSA) is 88.2 Å². The maximum absolute atomic E-state index is 12.2. The number of aromatic nitrogens is 1. The highest BCUT2D eigenvalue weighted by Gasteiger charge is 2.17. The number of anilines is 2. The molecular weight excluding hydrogens is 378 g/mol. The highest BCUT2D eigenvalue weighted by Crippen LogP contribution is 2.25. The van der Waals surface area contributed by atoms with Crippen LogP contribution in [-0.2, 0) is 10.0 Å². The lowest BCUT2D eigenvalue weighted by Crippen LogP contribution is -2.11. The highest BCUT2D eigenvalue weighted by molar-refractivity contribution is 9.10. The predicted molar refractivity (Wildman–Crippen MR) is 87.4 cm³/mol. The number of carbonyl (C=O) groups is 1. The third kappa shape index (κ3) is 4.51. The predicted octanol–water partition coefficient (Wildman–Crippen LogP) is 2.84. The van der Waals surface area contributed by atoms with Crippen LogP contribution in [0, 0.1) is 6.92 Å². The second-order valence-corrected chi connectivity index (χ2v) is 7.94. The lowest BCUT2D eigenvalue weighted by atomic mass is 10.3. The van der Waals surface area contributed by atoms with Crippen molar-refractivity contribution in [1.29, 1.82) is 0 Å². The zero-order chi connectivity index (χ0) is 15.6. The Labute approximate surface area is 134 Å². The van der Waals surface area contributed by atoms with Crippen molar-refractivity contribution in [3.63, 3.8) is 0 Å². The summed E-state index contributed by atoms with van der Waals surface area (Å²) in [5.74, 6) is -0.329. The van der Waals surface area contributed by atoms with Gasteiger partial charge in [0.1, 0.15) is 4.88 Å². The Hall–Kier alpha value is -1.45. The average molecular weight is 390 g/mol. The van der Waals surface area contributed by atoms with Crippen LogP contribution in [-0.4, -0.2) is 25.6 Å². The van der Waals surface area contributed by atoms with E-state index in [2.05, 4.69) is 31.0 Å². The standard InChI is InChI=1S/C12H12BrN3O3S2/c1-7-10(20-12(14-7)16-21(2,18)19)11(17)15-9-5-3-4-8(13)6-9/h3-6H,1-2H3,(H,14,16)(H,15,17). The molecule has 0 bridgehead atoms. The van der Waals surface area contributed by atoms with Gasteiger partial charge in [0, 0.05) is 10.2 Å². The zero-order valence-electron chi connectivity index (χ0n) is 11.2. The smallest absolute Gasteiger partial charge is 0.267 e. The number of benzene rings is 1. The van der Waals surface area contributed by atoms with Gasteiger partial charge < -0.3 is 5.32 Å². The van der Waals surface area contributed by atoms with Gasteiger partial charge in [-0.1, -0.05) is 33.3 Å². The number of nitrogens with zero attached hydrogens (tertiary/aromatic N) is 1. The van der Waals surface area contributed by atoms with Crippen molar-refractivity contribution < 1.29 is 13.2 Å². The molecule has 0 aliphatic rings. The zero-order valence-corrected chi connectivity index (χ0v) is 14.4. The monoisotopic (exact) mass is 389 g/mol. The first kappa shape index (κ1) is 15.9. The van der Waals surface area contributed by atoms with Gasteiger partial charge in [-0.15, -0.1) is 0 Å². The van der Waals surface area contributed by atoms with E-state index in [4.69, 9.17) is 0 Å². The molecule has 0 radical (unpaired) electrons. The molecule has 2 rings (SSSR count). The fourth-order valence-corrected chi connectivity index (χ4v) is 3.66. The highest BCUT2D eigenvalue weighted by atomic mass is 79.9. The molecule has 0 atom stereocenters. The van der Waals surface area contributed by atoms with Gasteiger partial charge >= 0.3 is 0 Å². The van der Waals surface area contributed by atoms with Crippen LogP contribution in [0.1, 0.15) is 15.4 Å². The normalized spacial score (nSPS) is 11.2. The summed E-state index contributed by atoms with van der Waals surface area (Å²) in [6, 6.07) is 7.18. The van der Waals surface area contributed by atoms with Crippen LogP contribution in [0.25, 0.3) is 0 Å². The second kappa shape index (κ2) is 6.12. The summed E-state index contributed by atoms with van der Waals surface area (Å²) < 4.78 is 25.4. The summed E-state index contributed by atoms with van der Waals surface area (Å²) in [4.78, 5) is 16.6. The summed E-state index contributed by atoms with van der Waals surface area (Å²) in [5, 5.41) is 2.92. The fourth-order valence-electron chi connectivity index (χ4n) is 1.56. The van der Waals surface area contributed by atoms with Crippen molar-refractivity contribution in [3.8, 4) is 0 Å². The van der Waals surface area contributed by atoms with E-state index in [-0.39, 0.29) is 11.0 Å². The minimum Gasteiger partial charge on any atom is -0.321 e. The molecule has 1 aromatic carbocycles. The van der Waals surface area contributed by atoms with Crippen molar-refractivity contribution in [2.75, 3.05) is 16.3 Å². The van der Waals surface area contributed by atoms with Crippen LogP contribution in [0.15, 0.2) is 28.7 Å². The quantitative estimate of drug-likeness (QED) is 0.841. The molecule has 0 aliphatic heterocycles. The Morgan fingerprint density at radius 2 is 2.10 bits per heavy atom. The van der Waals surface area contributed by atoms with Crippen molar-refractivity contribution >= 4 is 54.0 Å². The van der Waals surface area contributed by atoms with Gasteiger partial charge in [0.15, 0.2) is 5.13 Å². The van der Waals surface area contributed by atoms with Gasteiger partial charge in [-0.3, -0.25) is 9.52 Å². The minimum atomic E-state index is -3.41. The Morgan fingerprint density at radius 3 is 2.71 bits per heavy atom. The van der Waals surface area contributed by atoms with Crippen molar-refractivity contribution in [2.24, 2.45) is 0 Å². The number of sulfonamides is 1. The van der Waals surface area contributed by atoms with Gasteiger partial charge in [-0.2, -0.15) is 0 Å². The molecule has 1 amide bonds. The lowest BCUT2D eigenvalue weighted by Gasteiger charge is -2.04. The van der Waals surface area contributed by atoms with E-state index in [1.807, 2.05) is 6.07 Å². The molecule has 9 heteroatoms. The number of aryl methyl sites for hydroxylation is 1. The average Bonchev–Trinajstić information content (AvgIpc) is 2.67. The van der Waals surface area contributed by atoms with Gasteiger partial charge in [-0.05, 0) is 25.1 Å². The molecule has 0 unspecified atom stereocenters. The lowest BCUT2D eigenvalue weighted by molar-refractivity contribution is 0.103. The van der Waals surface area contributed by atoms with E-state index < -0.39 is 10.0 Å². The van der Waals surface area contributed by atoms with Crippen LogP contribution in [0.2, 0.25) is 0 Å². The maximum atomic E-state index is 12.2. The van der Waals surface area contributed by atoms with Crippen LogP contribution in [0.3, 0.4) is 0 Å². The molecule has 112 valence electrons. The molecule has 0 saturated carbocycles. The number of rotatable bonds is 4. The first-order valence-corrected chi connectivity index (χ1v) is 9.27. The molecule has 0 saturated heterocycles. The Kier molecular flexibility index (Phi) is 4.64. The molecule has 0 aliphatic carbocycles. The van der Waals surface area contributed by atoms with Gasteiger partial charge in [-0.25, -0.2) is 13.4 Å². The number of hydrogen-bond donors (Lipinski definition) is 2.